The van der Waals surface area contributed by atoms with Gasteiger partial charge in [0, 0.05) is 5.88 Å². The fourth-order valence-electron chi connectivity index (χ4n) is 0.787. The number of alkyl halides is 1. The Kier molecular flexibility index (Phi) is 3.74. The first-order chi connectivity index (χ1) is 5.83. The number of hydrogen-bond acceptors (Lipinski definition) is 2. The number of halogens is 1. The molecule has 1 rings (SSSR count). The molecule has 0 fully saturated rings. The quantitative estimate of drug-likeness (QED) is 0.578. The van der Waals surface area contributed by atoms with Crippen LogP contribution in [0.1, 0.15) is 6.42 Å². The van der Waals surface area contributed by atoms with Crippen LogP contribution in [0.4, 0.5) is 0 Å². The van der Waals surface area contributed by atoms with Gasteiger partial charge in [0.2, 0.25) is 0 Å². The van der Waals surface area contributed by atoms with Crippen molar-refractivity contribution in [2.24, 2.45) is 0 Å². The predicted octanol–water partition coefficient (Wildman–Crippen LogP) is 2.40. The number of aromatic hydroxyl groups is 1. The lowest BCUT2D eigenvalue weighted by atomic mass is 10.3. The van der Waals surface area contributed by atoms with Gasteiger partial charge in [0.15, 0.2) is 0 Å². The molecule has 0 aromatic heterocycles. The Labute approximate surface area is 76.7 Å². The van der Waals surface area contributed by atoms with Crippen LogP contribution in [0.2, 0.25) is 0 Å². The molecule has 0 spiro atoms. The average molecular weight is 187 g/mol. The first kappa shape index (κ1) is 9.20. The van der Waals surface area contributed by atoms with E-state index in [2.05, 4.69) is 0 Å². The van der Waals surface area contributed by atoms with E-state index in [1.807, 2.05) is 0 Å². The largest absolute Gasteiger partial charge is 0.508 e. The maximum absolute atomic E-state index is 8.95. The summed E-state index contributed by atoms with van der Waals surface area (Å²) < 4.78 is 5.31. The summed E-state index contributed by atoms with van der Waals surface area (Å²) in [4.78, 5) is 0. The van der Waals surface area contributed by atoms with Gasteiger partial charge in [0.1, 0.15) is 11.5 Å². The van der Waals surface area contributed by atoms with Crippen molar-refractivity contribution < 1.29 is 9.84 Å². The molecule has 12 heavy (non-hydrogen) atoms. The van der Waals surface area contributed by atoms with Crippen LogP contribution in [-0.4, -0.2) is 17.6 Å². The Bertz CT molecular complexity index is 220. The maximum Gasteiger partial charge on any atom is 0.119 e. The van der Waals surface area contributed by atoms with Crippen LogP contribution >= 0.6 is 11.6 Å². The predicted molar refractivity (Wildman–Crippen MR) is 48.9 cm³/mol. The molecule has 0 atom stereocenters. The zero-order chi connectivity index (χ0) is 8.81. The summed E-state index contributed by atoms with van der Waals surface area (Å²) >= 11 is 5.47. The summed E-state index contributed by atoms with van der Waals surface area (Å²) in [5.74, 6) is 1.62. The summed E-state index contributed by atoms with van der Waals surface area (Å²) in [6.07, 6.45) is 0.836. The highest BCUT2D eigenvalue weighted by Gasteiger charge is 1.92. The minimum absolute atomic E-state index is 0.250. The molecule has 0 bridgehead atoms. The molecule has 1 aromatic rings. The molecule has 0 amide bonds. The van der Waals surface area contributed by atoms with Gasteiger partial charge >= 0.3 is 0 Å². The van der Waals surface area contributed by atoms with Crippen LogP contribution in [0.15, 0.2) is 24.3 Å². The Morgan fingerprint density at radius 3 is 2.50 bits per heavy atom. The number of rotatable bonds is 4. The number of hydrogen-bond donors (Lipinski definition) is 1. The minimum atomic E-state index is 0.250. The van der Waals surface area contributed by atoms with E-state index in [0.717, 1.165) is 12.2 Å². The summed E-state index contributed by atoms with van der Waals surface area (Å²) in [6, 6.07) is 6.64. The van der Waals surface area contributed by atoms with Crippen molar-refractivity contribution in [3.63, 3.8) is 0 Å². The monoisotopic (exact) mass is 186 g/mol. The van der Waals surface area contributed by atoms with Gasteiger partial charge in [-0.2, -0.15) is 0 Å². The molecule has 0 heterocycles. The Hall–Kier alpha value is -0.890. The third-order valence-corrected chi connectivity index (χ3v) is 1.65. The maximum atomic E-state index is 8.95. The molecule has 1 aromatic carbocycles. The molecule has 0 aliphatic heterocycles. The van der Waals surface area contributed by atoms with Gasteiger partial charge in [-0.15, -0.1) is 11.6 Å². The lowest BCUT2D eigenvalue weighted by Gasteiger charge is -2.03. The Morgan fingerprint density at radius 1 is 1.25 bits per heavy atom. The zero-order valence-electron chi connectivity index (χ0n) is 6.66. The molecule has 0 saturated heterocycles. The second kappa shape index (κ2) is 4.88. The number of phenolic OH excluding ortho intramolecular Hbond substituents is 1. The summed E-state index contributed by atoms with van der Waals surface area (Å²) in [5, 5.41) is 8.95. The van der Waals surface area contributed by atoms with Crippen molar-refractivity contribution in [2.75, 3.05) is 12.5 Å². The van der Waals surface area contributed by atoms with Crippen molar-refractivity contribution in [3.8, 4) is 11.5 Å². The molecule has 66 valence electrons. The van der Waals surface area contributed by atoms with E-state index in [-0.39, 0.29) is 5.75 Å². The summed E-state index contributed by atoms with van der Waals surface area (Å²) in [7, 11) is 0. The van der Waals surface area contributed by atoms with Gasteiger partial charge in [0.05, 0.1) is 6.61 Å². The zero-order valence-corrected chi connectivity index (χ0v) is 7.42. The van der Waals surface area contributed by atoms with E-state index in [4.69, 9.17) is 21.4 Å². The molecule has 1 N–H and O–H groups in total. The molecule has 0 saturated carbocycles. The number of ether oxygens (including phenoxy) is 1. The third kappa shape index (κ3) is 3.01. The number of phenols is 1. The molecule has 0 aliphatic rings. The van der Waals surface area contributed by atoms with E-state index in [1.165, 1.54) is 0 Å². The van der Waals surface area contributed by atoms with E-state index in [1.54, 1.807) is 24.3 Å². The fourth-order valence-corrected chi connectivity index (χ4v) is 0.896. The molecule has 2 nitrogen and oxygen atoms in total. The van der Waals surface area contributed by atoms with E-state index < -0.39 is 0 Å². The number of benzene rings is 1. The van der Waals surface area contributed by atoms with Crippen molar-refractivity contribution in [3.05, 3.63) is 24.3 Å². The van der Waals surface area contributed by atoms with Crippen LogP contribution in [0, 0.1) is 0 Å². The van der Waals surface area contributed by atoms with E-state index in [0.29, 0.717) is 12.5 Å². The van der Waals surface area contributed by atoms with Gasteiger partial charge in [-0.05, 0) is 30.7 Å². The molecule has 0 unspecified atom stereocenters. The SMILES string of the molecule is Oc1ccc(OCCCCl)cc1. The minimum Gasteiger partial charge on any atom is -0.508 e. The highest BCUT2D eigenvalue weighted by atomic mass is 35.5. The second-order valence-electron chi connectivity index (χ2n) is 2.38. The second-order valence-corrected chi connectivity index (χ2v) is 2.76. The summed E-state index contributed by atoms with van der Waals surface area (Å²) in [6.45, 7) is 0.619. The van der Waals surface area contributed by atoms with Crippen molar-refractivity contribution in [1.29, 1.82) is 0 Å². The van der Waals surface area contributed by atoms with Gasteiger partial charge in [-0.3, -0.25) is 0 Å². The third-order valence-electron chi connectivity index (χ3n) is 1.38. The molecule has 0 radical (unpaired) electrons. The van der Waals surface area contributed by atoms with Crippen LogP contribution in [0.25, 0.3) is 0 Å². The highest BCUT2D eigenvalue weighted by molar-refractivity contribution is 6.17. The van der Waals surface area contributed by atoms with Crippen LogP contribution < -0.4 is 4.74 Å². The lowest BCUT2D eigenvalue weighted by Crippen LogP contribution is -1.96. The van der Waals surface area contributed by atoms with Crippen LogP contribution in [0.3, 0.4) is 0 Å². The first-order valence-corrected chi connectivity index (χ1v) is 4.34. The standard InChI is InChI=1S/C9H11ClO2/c10-6-1-7-12-9-4-2-8(11)3-5-9/h2-5,11H,1,6-7H2. The normalized spacial score (nSPS) is 9.75. The van der Waals surface area contributed by atoms with Gasteiger partial charge in [0.25, 0.3) is 0 Å². The van der Waals surface area contributed by atoms with Gasteiger partial charge in [-0.25, -0.2) is 0 Å². The topological polar surface area (TPSA) is 29.5 Å². The lowest BCUT2D eigenvalue weighted by molar-refractivity contribution is 0.317. The Balaban J connectivity index is 2.37. The summed E-state index contributed by atoms with van der Waals surface area (Å²) in [5.41, 5.74) is 0. The fraction of sp³-hybridized carbons (Fsp3) is 0.333. The van der Waals surface area contributed by atoms with Crippen LogP contribution in [0.5, 0.6) is 11.5 Å². The van der Waals surface area contributed by atoms with Crippen molar-refractivity contribution >= 4 is 11.6 Å². The molecule has 3 heteroatoms. The first-order valence-electron chi connectivity index (χ1n) is 3.81. The van der Waals surface area contributed by atoms with Crippen LogP contribution in [-0.2, 0) is 0 Å². The van der Waals surface area contributed by atoms with Crippen molar-refractivity contribution in [1.82, 2.24) is 0 Å². The van der Waals surface area contributed by atoms with E-state index >= 15 is 0 Å². The van der Waals surface area contributed by atoms with Gasteiger partial charge < -0.3 is 9.84 Å². The van der Waals surface area contributed by atoms with E-state index in [9.17, 15) is 0 Å². The Morgan fingerprint density at radius 2 is 1.92 bits per heavy atom. The van der Waals surface area contributed by atoms with Crippen molar-refractivity contribution in [2.45, 2.75) is 6.42 Å². The highest BCUT2D eigenvalue weighted by Crippen LogP contribution is 2.15. The molecule has 0 aliphatic carbocycles. The smallest absolute Gasteiger partial charge is 0.119 e. The average Bonchev–Trinajstić information content (AvgIpc) is 2.09. The van der Waals surface area contributed by atoms with Gasteiger partial charge in [-0.1, -0.05) is 0 Å². The molecular weight excluding hydrogens is 176 g/mol. The molecular formula is C9H11ClO2.